The molecule has 44 heavy (non-hydrogen) atoms. The van der Waals surface area contributed by atoms with Crippen molar-refractivity contribution in [2.75, 3.05) is 5.32 Å². The molecule has 5 rings (SSSR count). The number of anilines is 1. The van der Waals surface area contributed by atoms with Gasteiger partial charge in [-0.1, -0.05) is 53.5 Å². The highest BCUT2D eigenvalue weighted by atomic mass is 35.5. The number of Topliss-reactive ketones (excluding diaryl/α,β-unsaturated/α-hetero) is 3. The van der Waals surface area contributed by atoms with Crippen molar-refractivity contribution in [3.05, 3.63) is 98.8 Å². The minimum absolute atomic E-state index is 0.0643. The molecule has 1 aliphatic carbocycles. The first-order valence-electron chi connectivity index (χ1n) is 14.5. The molecule has 1 aliphatic heterocycles. The number of hydrogen-bond donors (Lipinski definition) is 3. The molecule has 0 unspecified atom stereocenters. The van der Waals surface area contributed by atoms with Crippen LogP contribution in [0.15, 0.2) is 72.1 Å². The lowest BCUT2D eigenvalue weighted by molar-refractivity contribution is -0.124. The number of carbonyl (C=O) groups excluding carboxylic acids is 4. The molecule has 0 atom stereocenters. The van der Waals surface area contributed by atoms with E-state index in [-0.39, 0.29) is 52.8 Å². The van der Waals surface area contributed by atoms with Crippen molar-refractivity contribution < 1.29 is 19.2 Å². The zero-order valence-corrected chi connectivity index (χ0v) is 26.9. The van der Waals surface area contributed by atoms with Gasteiger partial charge in [0.25, 0.3) is 5.91 Å². The van der Waals surface area contributed by atoms with Gasteiger partial charge in [-0.3, -0.25) is 19.2 Å². The van der Waals surface area contributed by atoms with E-state index in [9.17, 15) is 19.2 Å². The molecular formula is C35H35Cl2N3O4. The topological polar surface area (TPSA) is 104 Å². The fourth-order valence-corrected chi connectivity index (χ4v) is 6.41. The molecule has 1 heterocycles. The predicted octanol–water partition coefficient (Wildman–Crippen LogP) is 7.06. The molecule has 0 radical (unpaired) electrons. The third-order valence-corrected chi connectivity index (χ3v) is 8.54. The largest absolute Gasteiger partial charge is 0.386 e. The third kappa shape index (κ3) is 6.44. The molecule has 1 saturated carbocycles. The van der Waals surface area contributed by atoms with Crippen molar-refractivity contribution in [2.24, 2.45) is 0 Å². The molecule has 7 nitrogen and oxygen atoms in total. The van der Waals surface area contributed by atoms with Crippen LogP contribution < -0.4 is 16.0 Å². The molecule has 1 amide bonds. The van der Waals surface area contributed by atoms with E-state index in [1.54, 1.807) is 24.3 Å². The van der Waals surface area contributed by atoms with Gasteiger partial charge in [0.05, 0.1) is 11.3 Å². The van der Waals surface area contributed by atoms with Crippen LogP contribution in [0.25, 0.3) is 10.8 Å². The summed E-state index contributed by atoms with van der Waals surface area (Å²) in [6.45, 7) is 9.81. The molecule has 3 N–H and O–H groups in total. The van der Waals surface area contributed by atoms with Gasteiger partial charge in [-0.25, -0.2) is 0 Å². The Labute approximate surface area is 267 Å². The number of rotatable bonds is 6. The average Bonchev–Trinajstić information content (AvgIpc) is 2.91. The quantitative estimate of drug-likeness (QED) is 0.199. The van der Waals surface area contributed by atoms with E-state index in [0.29, 0.717) is 33.3 Å². The summed E-state index contributed by atoms with van der Waals surface area (Å²) in [7, 11) is 0. The summed E-state index contributed by atoms with van der Waals surface area (Å²) in [5, 5.41) is 11.9. The average molecular weight is 633 g/mol. The molecule has 3 aromatic rings. The van der Waals surface area contributed by atoms with E-state index < -0.39 is 11.4 Å². The smallest absolute Gasteiger partial charge is 0.261 e. The standard InChI is InChI=1S/C35H35Cl2N3O4/c1-34(2,3)38-18-25-32(43)23-13-12-21-19(8-6-9-22(21)31(23)40-33(25)44)16-35(4,5)39-17-24-28(41)14-20(15-29(24)42)30-26(36)10-7-11-27(30)37/h6-13,17-18,20,38-39H,14-16H2,1-5H3,(H,40,44)/b24-17?,25-18+. The van der Waals surface area contributed by atoms with Gasteiger partial charge < -0.3 is 16.0 Å². The van der Waals surface area contributed by atoms with Crippen molar-refractivity contribution >= 4 is 62.9 Å². The zero-order chi connectivity index (χ0) is 32.0. The van der Waals surface area contributed by atoms with E-state index in [1.165, 1.54) is 12.4 Å². The van der Waals surface area contributed by atoms with Crippen LogP contribution in [0.1, 0.15) is 74.9 Å². The molecule has 1 fully saturated rings. The predicted molar refractivity (Wildman–Crippen MR) is 175 cm³/mol. The Hall–Kier alpha value is -3.94. The minimum Gasteiger partial charge on any atom is -0.386 e. The van der Waals surface area contributed by atoms with Gasteiger partial charge in [0.1, 0.15) is 5.57 Å². The Morgan fingerprint density at radius 1 is 0.795 bits per heavy atom. The highest BCUT2D eigenvalue weighted by Crippen LogP contribution is 2.39. The number of amides is 1. The van der Waals surface area contributed by atoms with Gasteiger partial charge in [0, 0.05) is 63.2 Å². The van der Waals surface area contributed by atoms with E-state index in [4.69, 9.17) is 23.2 Å². The Morgan fingerprint density at radius 2 is 1.41 bits per heavy atom. The van der Waals surface area contributed by atoms with Gasteiger partial charge in [-0.05, 0) is 75.8 Å². The third-order valence-electron chi connectivity index (χ3n) is 7.89. The number of halogens is 2. The van der Waals surface area contributed by atoms with Crippen molar-refractivity contribution in [2.45, 2.75) is 70.9 Å². The van der Waals surface area contributed by atoms with Crippen molar-refractivity contribution in [3.8, 4) is 0 Å². The van der Waals surface area contributed by atoms with Crippen LogP contribution in [0.4, 0.5) is 5.69 Å². The fraction of sp³-hybridized carbons (Fsp3) is 0.314. The summed E-state index contributed by atoms with van der Waals surface area (Å²) in [5.41, 5.74) is 1.89. The summed E-state index contributed by atoms with van der Waals surface area (Å²) >= 11 is 12.7. The lowest BCUT2D eigenvalue weighted by Crippen LogP contribution is -2.39. The molecule has 0 aromatic heterocycles. The second-order valence-corrected chi connectivity index (χ2v) is 13.9. The first kappa shape index (κ1) is 31.5. The van der Waals surface area contributed by atoms with E-state index >= 15 is 0 Å². The van der Waals surface area contributed by atoms with Crippen LogP contribution in [-0.4, -0.2) is 34.3 Å². The maximum atomic E-state index is 13.3. The Balaban J connectivity index is 1.36. The molecule has 9 heteroatoms. The van der Waals surface area contributed by atoms with Crippen LogP contribution in [-0.2, 0) is 20.8 Å². The molecule has 2 aliphatic rings. The summed E-state index contributed by atoms with van der Waals surface area (Å²) in [5.74, 6) is -1.66. The summed E-state index contributed by atoms with van der Waals surface area (Å²) in [6, 6.07) is 14.6. The highest BCUT2D eigenvalue weighted by molar-refractivity contribution is 6.37. The summed E-state index contributed by atoms with van der Waals surface area (Å²) in [4.78, 5) is 52.4. The SMILES string of the molecule is CC(C)(C)N/C=C1/C(=O)Nc2c(ccc3c(CC(C)(C)NC=C4C(=O)CC(c5c(Cl)cccc5Cl)CC4=O)cccc23)C1=O. The molecule has 228 valence electrons. The number of hydrogen-bond acceptors (Lipinski definition) is 6. The molecule has 0 spiro atoms. The number of ketones is 3. The maximum Gasteiger partial charge on any atom is 0.261 e. The van der Waals surface area contributed by atoms with Crippen molar-refractivity contribution in [3.63, 3.8) is 0 Å². The van der Waals surface area contributed by atoms with Crippen molar-refractivity contribution in [1.82, 2.24) is 10.6 Å². The monoisotopic (exact) mass is 631 g/mol. The zero-order valence-electron chi connectivity index (χ0n) is 25.4. The Kier molecular flexibility index (Phi) is 8.49. The fourth-order valence-electron chi connectivity index (χ4n) is 5.71. The number of fused-ring (bicyclic) bond motifs is 3. The van der Waals surface area contributed by atoms with Crippen LogP contribution in [0.2, 0.25) is 10.0 Å². The first-order chi connectivity index (χ1) is 20.6. The lowest BCUT2D eigenvalue weighted by Gasteiger charge is -2.29. The lowest BCUT2D eigenvalue weighted by atomic mass is 9.80. The second-order valence-electron chi connectivity index (χ2n) is 13.1. The van der Waals surface area contributed by atoms with E-state index in [1.807, 2.05) is 58.9 Å². The molecule has 0 saturated heterocycles. The van der Waals surface area contributed by atoms with Gasteiger partial charge in [0.2, 0.25) is 5.78 Å². The highest BCUT2D eigenvalue weighted by Gasteiger charge is 2.34. The van der Waals surface area contributed by atoms with Crippen LogP contribution in [0.3, 0.4) is 0 Å². The van der Waals surface area contributed by atoms with Gasteiger partial charge in [-0.15, -0.1) is 0 Å². The summed E-state index contributed by atoms with van der Waals surface area (Å²) < 4.78 is 0. The Bertz CT molecular complexity index is 1740. The van der Waals surface area contributed by atoms with Crippen LogP contribution in [0, 0.1) is 0 Å². The van der Waals surface area contributed by atoms with Crippen molar-refractivity contribution in [1.29, 1.82) is 0 Å². The molecule has 0 bridgehead atoms. The van der Waals surface area contributed by atoms with Crippen LogP contribution >= 0.6 is 23.2 Å². The summed E-state index contributed by atoms with van der Waals surface area (Å²) in [6.07, 6.45) is 3.84. The normalized spacial score (nSPS) is 18.4. The van der Waals surface area contributed by atoms with Gasteiger partial charge in [-0.2, -0.15) is 0 Å². The number of carbonyl (C=O) groups is 4. The van der Waals surface area contributed by atoms with E-state index in [0.717, 1.165) is 16.3 Å². The molecule has 3 aromatic carbocycles. The second kappa shape index (κ2) is 11.9. The first-order valence-corrected chi connectivity index (χ1v) is 15.3. The number of nitrogens with one attached hydrogen (secondary N) is 3. The van der Waals surface area contributed by atoms with Gasteiger partial charge >= 0.3 is 0 Å². The number of benzene rings is 3. The minimum atomic E-state index is -0.547. The number of allylic oxidation sites excluding steroid dienone is 1. The molecular weight excluding hydrogens is 597 g/mol. The Morgan fingerprint density at radius 3 is 2.05 bits per heavy atom. The van der Waals surface area contributed by atoms with E-state index in [2.05, 4.69) is 16.0 Å². The van der Waals surface area contributed by atoms with Crippen LogP contribution in [0.5, 0.6) is 0 Å². The maximum absolute atomic E-state index is 13.3. The van der Waals surface area contributed by atoms with Gasteiger partial charge in [0.15, 0.2) is 11.6 Å².